The lowest BCUT2D eigenvalue weighted by atomic mass is 10.0. The van der Waals surface area contributed by atoms with Crippen LogP contribution < -0.4 is 4.74 Å². The summed E-state index contributed by atoms with van der Waals surface area (Å²) in [5, 5.41) is 13.1. The maximum atomic E-state index is 10.9. The Bertz CT molecular complexity index is 617. The zero-order valence-electron chi connectivity index (χ0n) is 11.2. The van der Waals surface area contributed by atoms with Gasteiger partial charge in [-0.2, -0.15) is 5.10 Å². The van der Waals surface area contributed by atoms with Crippen LogP contribution in [0.25, 0.3) is 11.1 Å². The zero-order valence-corrected chi connectivity index (χ0v) is 11.2. The Labute approximate surface area is 111 Å². The van der Waals surface area contributed by atoms with Gasteiger partial charge in [0.05, 0.1) is 19.2 Å². The summed E-state index contributed by atoms with van der Waals surface area (Å²) in [5.74, 6) is -0.0717. The van der Waals surface area contributed by atoms with E-state index in [0.29, 0.717) is 5.69 Å². The number of aryl methyl sites for hydroxylation is 2. The van der Waals surface area contributed by atoms with Crippen molar-refractivity contribution in [3.8, 4) is 16.9 Å². The minimum Gasteiger partial charge on any atom is -0.496 e. The molecule has 0 fully saturated rings. The fourth-order valence-electron chi connectivity index (χ4n) is 2.10. The molecule has 0 spiro atoms. The molecule has 0 saturated carbocycles. The molecule has 2 rings (SSSR count). The summed E-state index contributed by atoms with van der Waals surface area (Å²) in [6.45, 7) is 1.95. The van der Waals surface area contributed by atoms with Gasteiger partial charge in [0.15, 0.2) is 0 Å². The van der Waals surface area contributed by atoms with Gasteiger partial charge in [0, 0.05) is 18.8 Å². The van der Waals surface area contributed by atoms with Crippen LogP contribution in [0.15, 0.2) is 24.4 Å². The highest BCUT2D eigenvalue weighted by atomic mass is 16.5. The van der Waals surface area contributed by atoms with Gasteiger partial charge in [0.2, 0.25) is 0 Å². The Hall–Kier alpha value is -2.30. The average molecular weight is 260 g/mol. The Morgan fingerprint density at radius 1 is 1.47 bits per heavy atom. The Morgan fingerprint density at radius 2 is 2.21 bits per heavy atom. The lowest BCUT2D eigenvalue weighted by Crippen LogP contribution is -2.02. The first-order chi connectivity index (χ1) is 9.01. The van der Waals surface area contributed by atoms with Gasteiger partial charge in [-0.05, 0) is 30.2 Å². The molecule has 0 aliphatic heterocycles. The molecule has 0 amide bonds. The molecule has 0 aliphatic rings. The topological polar surface area (TPSA) is 64.4 Å². The predicted molar refractivity (Wildman–Crippen MR) is 71.3 cm³/mol. The van der Waals surface area contributed by atoms with Crippen molar-refractivity contribution in [3.63, 3.8) is 0 Å². The number of carboxylic acids is 1. The van der Waals surface area contributed by atoms with Crippen molar-refractivity contribution in [3.05, 3.63) is 35.7 Å². The summed E-state index contributed by atoms with van der Waals surface area (Å²) in [5.41, 5.74) is 3.36. The third-order valence-corrected chi connectivity index (χ3v) is 2.93. The minimum absolute atomic E-state index is 0.0821. The molecule has 1 N–H and O–H groups in total. The van der Waals surface area contributed by atoms with Gasteiger partial charge in [-0.3, -0.25) is 9.48 Å². The first-order valence-corrected chi connectivity index (χ1v) is 5.90. The van der Waals surface area contributed by atoms with Gasteiger partial charge in [0.25, 0.3) is 0 Å². The molecule has 5 heteroatoms. The molecule has 0 aliphatic carbocycles. The average Bonchev–Trinajstić information content (AvgIpc) is 2.69. The summed E-state index contributed by atoms with van der Waals surface area (Å²) in [7, 11) is 3.41. The van der Waals surface area contributed by atoms with E-state index < -0.39 is 5.97 Å². The fourth-order valence-corrected chi connectivity index (χ4v) is 2.10. The van der Waals surface area contributed by atoms with Crippen LogP contribution in [0.5, 0.6) is 5.75 Å². The number of benzene rings is 1. The van der Waals surface area contributed by atoms with E-state index >= 15 is 0 Å². The van der Waals surface area contributed by atoms with Crippen LogP contribution in [0.3, 0.4) is 0 Å². The summed E-state index contributed by atoms with van der Waals surface area (Å²) in [6.07, 6.45) is 1.75. The molecule has 1 aromatic carbocycles. The van der Waals surface area contributed by atoms with Crippen molar-refractivity contribution in [1.82, 2.24) is 9.78 Å². The highest BCUT2D eigenvalue weighted by molar-refractivity contribution is 5.75. The van der Waals surface area contributed by atoms with Gasteiger partial charge < -0.3 is 9.84 Å². The third kappa shape index (κ3) is 2.76. The van der Waals surface area contributed by atoms with Crippen LogP contribution >= 0.6 is 0 Å². The van der Waals surface area contributed by atoms with Crippen molar-refractivity contribution in [2.45, 2.75) is 13.3 Å². The first-order valence-electron chi connectivity index (χ1n) is 5.90. The smallest absolute Gasteiger partial charge is 0.309 e. The number of rotatable bonds is 4. The molecular formula is C14H16N2O3. The number of nitrogens with zero attached hydrogens (tertiary/aromatic N) is 2. The van der Waals surface area contributed by atoms with Crippen LogP contribution in [0.1, 0.15) is 11.3 Å². The van der Waals surface area contributed by atoms with Gasteiger partial charge in [-0.1, -0.05) is 6.07 Å². The number of ether oxygens (including phenoxy) is 1. The SMILES string of the molecule is COc1ccc(-c2cn(C)nc2CC(=O)O)cc1C. The van der Waals surface area contributed by atoms with E-state index in [9.17, 15) is 4.79 Å². The van der Waals surface area contributed by atoms with E-state index in [4.69, 9.17) is 9.84 Å². The Balaban J connectivity index is 2.46. The number of aromatic nitrogens is 2. The highest BCUT2D eigenvalue weighted by Crippen LogP contribution is 2.28. The summed E-state index contributed by atoms with van der Waals surface area (Å²) < 4.78 is 6.85. The second-order valence-corrected chi connectivity index (χ2v) is 4.42. The minimum atomic E-state index is -0.884. The molecule has 19 heavy (non-hydrogen) atoms. The predicted octanol–water partition coefficient (Wildman–Crippen LogP) is 2.03. The van der Waals surface area contributed by atoms with E-state index in [1.165, 1.54) is 0 Å². The van der Waals surface area contributed by atoms with Crippen molar-refractivity contribution in [1.29, 1.82) is 0 Å². The van der Waals surface area contributed by atoms with Crippen molar-refractivity contribution >= 4 is 5.97 Å². The molecule has 1 heterocycles. The maximum Gasteiger partial charge on any atom is 0.309 e. The maximum absolute atomic E-state index is 10.9. The third-order valence-electron chi connectivity index (χ3n) is 2.93. The Morgan fingerprint density at radius 3 is 2.79 bits per heavy atom. The van der Waals surface area contributed by atoms with Crippen molar-refractivity contribution in [2.75, 3.05) is 7.11 Å². The summed E-state index contributed by atoms with van der Waals surface area (Å²) in [6, 6.07) is 5.76. The second kappa shape index (κ2) is 5.14. The van der Waals surface area contributed by atoms with E-state index in [0.717, 1.165) is 22.4 Å². The fraction of sp³-hybridized carbons (Fsp3) is 0.286. The molecular weight excluding hydrogens is 244 g/mol. The number of carbonyl (C=O) groups is 1. The van der Waals surface area contributed by atoms with Gasteiger partial charge in [0.1, 0.15) is 5.75 Å². The first kappa shape index (κ1) is 13.1. The van der Waals surface area contributed by atoms with E-state index in [1.807, 2.05) is 31.3 Å². The van der Waals surface area contributed by atoms with Crippen LogP contribution in [0, 0.1) is 6.92 Å². The second-order valence-electron chi connectivity index (χ2n) is 4.42. The monoisotopic (exact) mass is 260 g/mol. The molecule has 0 bridgehead atoms. The van der Waals surface area contributed by atoms with Gasteiger partial charge >= 0.3 is 5.97 Å². The quantitative estimate of drug-likeness (QED) is 0.913. The molecule has 0 atom stereocenters. The number of carboxylic acid groups (broad SMARTS) is 1. The summed E-state index contributed by atoms with van der Waals surface area (Å²) in [4.78, 5) is 10.9. The van der Waals surface area contributed by atoms with E-state index in [1.54, 1.807) is 18.8 Å². The van der Waals surface area contributed by atoms with Crippen LogP contribution in [0.4, 0.5) is 0 Å². The zero-order chi connectivity index (χ0) is 14.0. The summed E-state index contributed by atoms with van der Waals surface area (Å²) >= 11 is 0. The van der Waals surface area contributed by atoms with Crippen molar-refractivity contribution < 1.29 is 14.6 Å². The molecule has 5 nitrogen and oxygen atoms in total. The molecule has 2 aromatic rings. The lowest BCUT2D eigenvalue weighted by Gasteiger charge is -2.07. The molecule has 100 valence electrons. The normalized spacial score (nSPS) is 10.5. The van der Waals surface area contributed by atoms with Crippen LogP contribution in [-0.4, -0.2) is 28.0 Å². The van der Waals surface area contributed by atoms with E-state index in [2.05, 4.69) is 5.10 Å². The molecule has 0 radical (unpaired) electrons. The molecule has 1 aromatic heterocycles. The number of aliphatic carboxylic acids is 1. The van der Waals surface area contributed by atoms with Gasteiger partial charge in [-0.25, -0.2) is 0 Å². The van der Waals surface area contributed by atoms with Crippen molar-refractivity contribution in [2.24, 2.45) is 7.05 Å². The van der Waals surface area contributed by atoms with Gasteiger partial charge in [-0.15, -0.1) is 0 Å². The molecule has 0 unspecified atom stereocenters. The number of hydrogen-bond acceptors (Lipinski definition) is 3. The van der Waals surface area contributed by atoms with Crippen LogP contribution in [-0.2, 0) is 18.3 Å². The van der Waals surface area contributed by atoms with Crippen LogP contribution in [0.2, 0.25) is 0 Å². The van der Waals surface area contributed by atoms with E-state index in [-0.39, 0.29) is 6.42 Å². The number of methoxy groups -OCH3 is 1. The Kier molecular flexibility index (Phi) is 3.55. The highest BCUT2D eigenvalue weighted by Gasteiger charge is 2.14. The number of hydrogen-bond donors (Lipinski definition) is 1. The lowest BCUT2D eigenvalue weighted by molar-refractivity contribution is -0.136. The largest absolute Gasteiger partial charge is 0.496 e. The molecule has 0 saturated heterocycles. The standard InChI is InChI=1S/C14H16N2O3/c1-9-6-10(4-5-13(9)19-3)11-8-16(2)15-12(11)7-14(17)18/h4-6,8H,7H2,1-3H3,(H,17,18).